The Morgan fingerprint density at radius 3 is 2.06 bits per heavy atom. The van der Waals surface area contributed by atoms with Gasteiger partial charge in [-0.3, -0.25) is 9.59 Å². The van der Waals surface area contributed by atoms with Crippen LogP contribution in [0.4, 0.5) is 0 Å². The van der Waals surface area contributed by atoms with Gasteiger partial charge >= 0.3 is 5.97 Å². The smallest absolute Gasteiger partial charge is 0.339 e. The van der Waals surface area contributed by atoms with Gasteiger partial charge in [-0.25, -0.2) is 4.79 Å². The summed E-state index contributed by atoms with van der Waals surface area (Å²) in [5.41, 5.74) is -2.28. The third kappa shape index (κ3) is 17.3. The van der Waals surface area contributed by atoms with Crippen LogP contribution in [0.1, 0.15) is 150 Å². The molecule has 3 atom stereocenters. The Morgan fingerprint density at radius 2 is 1.48 bits per heavy atom. The summed E-state index contributed by atoms with van der Waals surface area (Å²) < 4.78 is 28.9. The van der Waals surface area contributed by atoms with E-state index in [1.165, 1.54) is 32.8 Å². The van der Waals surface area contributed by atoms with E-state index in [0.717, 1.165) is 69.1 Å². The highest BCUT2D eigenvalue weighted by atomic mass is 16.7. The summed E-state index contributed by atoms with van der Waals surface area (Å²) in [4.78, 5) is 41.0. The Kier molecular flexibility index (Phi) is 22.3. The number of rotatable bonds is 29. The van der Waals surface area contributed by atoms with Crippen molar-refractivity contribution >= 4 is 17.7 Å². The minimum atomic E-state index is -2.23. The molecule has 54 heavy (non-hydrogen) atoms. The molecule has 2 rings (SSSR count). The molecular weight excluding hydrogens is 686 g/mol. The molecule has 0 aliphatic carbocycles. The third-order valence-electron chi connectivity index (χ3n) is 9.90. The van der Waals surface area contributed by atoms with Crippen molar-refractivity contribution in [2.45, 2.75) is 174 Å². The van der Waals surface area contributed by atoms with Crippen LogP contribution in [0.15, 0.2) is 36.4 Å². The molecule has 0 radical (unpaired) electrons. The molecule has 10 nitrogen and oxygen atoms in total. The molecule has 2 N–H and O–H groups in total. The predicted octanol–water partition coefficient (Wildman–Crippen LogP) is 8.60. The molecule has 1 amide bonds. The molecule has 1 saturated heterocycles. The van der Waals surface area contributed by atoms with Crippen LogP contribution in [0.25, 0.3) is 0 Å². The number of allylic oxidation sites excluding steroid dienone is 1. The first kappa shape index (κ1) is 47.4. The highest BCUT2D eigenvalue weighted by Crippen LogP contribution is 2.32. The maximum absolute atomic E-state index is 14.2. The molecule has 1 aromatic carbocycles. The number of hydrogen-bond acceptors (Lipinski definition) is 9. The number of esters is 1. The van der Waals surface area contributed by atoms with E-state index in [-0.39, 0.29) is 31.7 Å². The van der Waals surface area contributed by atoms with Crippen molar-refractivity contribution in [1.82, 2.24) is 5.32 Å². The average molecular weight is 760 g/mol. The number of aliphatic hydroxyl groups is 1. The zero-order valence-corrected chi connectivity index (χ0v) is 34.7. The molecule has 1 aliphatic rings. The van der Waals surface area contributed by atoms with Gasteiger partial charge < -0.3 is 34.1 Å². The maximum atomic E-state index is 14.2. The molecular formula is C44H73NO9. The molecule has 0 saturated carbocycles. The number of Topliss-reactive ketones (excluding diaryl/α,β-unsaturated/α-hetero) is 1. The van der Waals surface area contributed by atoms with Gasteiger partial charge in [0, 0.05) is 39.4 Å². The van der Waals surface area contributed by atoms with Crippen molar-refractivity contribution in [1.29, 1.82) is 0 Å². The molecule has 308 valence electrons. The van der Waals surface area contributed by atoms with E-state index in [9.17, 15) is 19.5 Å². The lowest BCUT2D eigenvalue weighted by atomic mass is 9.82. The summed E-state index contributed by atoms with van der Waals surface area (Å²) >= 11 is 0. The Morgan fingerprint density at radius 1 is 0.870 bits per heavy atom. The largest absolute Gasteiger partial charge is 0.494 e. The Labute approximate surface area is 326 Å². The lowest BCUT2D eigenvalue weighted by Crippen LogP contribution is -2.56. The van der Waals surface area contributed by atoms with Crippen molar-refractivity contribution < 1.29 is 43.2 Å². The van der Waals surface area contributed by atoms with Gasteiger partial charge in [-0.1, -0.05) is 90.0 Å². The molecule has 1 heterocycles. The van der Waals surface area contributed by atoms with Crippen LogP contribution >= 0.6 is 0 Å². The standard InChI is InChI=1S/C44H73NO9/c1-8-11-13-17-20-27-43(52-32-33-53-43)28-21-18-15-14-16-19-22-37(44(49,29-31-50-7)41(48)54-42(4,5)6)40(47)45-38(39(46)10-3)34-35-23-25-36(26-24-35)51-30-12-9-2/h19,22-26,37-38,49H,8-18,20-21,27-34H2,1-7H3,(H,45,47)/b22-19+/t37-,38?,44+/m1/s1. The van der Waals surface area contributed by atoms with E-state index < -0.39 is 40.8 Å². The molecule has 1 aromatic rings. The van der Waals surface area contributed by atoms with Crippen LogP contribution in [0.5, 0.6) is 5.75 Å². The summed E-state index contributed by atoms with van der Waals surface area (Å²) in [6.07, 6.45) is 18.2. The highest BCUT2D eigenvalue weighted by Gasteiger charge is 2.49. The fourth-order valence-electron chi connectivity index (χ4n) is 6.67. The van der Waals surface area contributed by atoms with Gasteiger partial charge in [0.1, 0.15) is 11.4 Å². The fourth-order valence-corrected chi connectivity index (χ4v) is 6.67. The highest BCUT2D eigenvalue weighted by molar-refractivity contribution is 5.94. The summed E-state index contributed by atoms with van der Waals surface area (Å²) in [5.74, 6) is -2.71. The van der Waals surface area contributed by atoms with Crippen molar-refractivity contribution in [3.8, 4) is 5.75 Å². The molecule has 0 aromatic heterocycles. The van der Waals surface area contributed by atoms with E-state index in [2.05, 4.69) is 19.2 Å². The minimum Gasteiger partial charge on any atom is -0.494 e. The first-order valence-electron chi connectivity index (χ1n) is 20.8. The van der Waals surface area contributed by atoms with Gasteiger partial charge in [0.2, 0.25) is 5.91 Å². The first-order chi connectivity index (χ1) is 25.8. The van der Waals surface area contributed by atoms with E-state index in [1.54, 1.807) is 33.8 Å². The van der Waals surface area contributed by atoms with Gasteiger partial charge in [0.15, 0.2) is 17.2 Å². The zero-order valence-electron chi connectivity index (χ0n) is 34.7. The van der Waals surface area contributed by atoms with Crippen LogP contribution in [-0.4, -0.2) is 79.3 Å². The van der Waals surface area contributed by atoms with Crippen molar-refractivity contribution in [2.75, 3.05) is 33.5 Å². The summed E-state index contributed by atoms with van der Waals surface area (Å²) in [7, 11) is 1.47. The van der Waals surface area contributed by atoms with Crippen LogP contribution in [0.3, 0.4) is 0 Å². The second kappa shape index (κ2) is 25.4. The summed E-state index contributed by atoms with van der Waals surface area (Å²) in [6, 6.07) is 6.64. The van der Waals surface area contributed by atoms with Gasteiger partial charge in [0.25, 0.3) is 0 Å². The topological polar surface area (TPSA) is 130 Å². The second-order valence-electron chi connectivity index (χ2n) is 15.7. The quantitative estimate of drug-likeness (QED) is 0.0469. The monoisotopic (exact) mass is 760 g/mol. The normalized spacial score (nSPS) is 16.5. The number of unbranched alkanes of at least 4 members (excludes halogenated alkanes) is 9. The number of benzene rings is 1. The summed E-state index contributed by atoms with van der Waals surface area (Å²) in [6.45, 7) is 13.2. The Hall–Kier alpha value is -2.79. The van der Waals surface area contributed by atoms with Gasteiger partial charge in [0.05, 0.1) is 31.8 Å². The van der Waals surface area contributed by atoms with Crippen molar-refractivity contribution in [2.24, 2.45) is 5.92 Å². The zero-order chi connectivity index (χ0) is 39.9. The van der Waals surface area contributed by atoms with Crippen LogP contribution in [0.2, 0.25) is 0 Å². The lowest BCUT2D eigenvalue weighted by Gasteiger charge is -2.35. The van der Waals surface area contributed by atoms with Gasteiger partial charge in [-0.2, -0.15) is 0 Å². The Bertz CT molecular complexity index is 1240. The minimum absolute atomic E-state index is 0.0189. The van der Waals surface area contributed by atoms with Gasteiger partial charge in [-0.05, 0) is 77.0 Å². The SMILES string of the molecule is CCCCCCCC1(CCCCCC/C=C/[C@H](C(=O)NC(Cc2ccc(OCCCC)cc2)C(=O)CC)[C@@](O)(CCOC)C(=O)OC(C)(C)C)OCCO1. The number of hydrogen-bond donors (Lipinski definition) is 2. The van der Waals surface area contributed by atoms with E-state index in [4.69, 9.17) is 23.7 Å². The third-order valence-corrected chi connectivity index (χ3v) is 9.90. The van der Waals surface area contributed by atoms with E-state index >= 15 is 0 Å². The maximum Gasteiger partial charge on any atom is 0.339 e. The second-order valence-corrected chi connectivity index (χ2v) is 15.7. The number of carbonyl (C=O) groups excluding carboxylic acids is 3. The molecule has 1 unspecified atom stereocenters. The van der Waals surface area contributed by atoms with Crippen LogP contribution < -0.4 is 10.1 Å². The van der Waals surface area contributed by atoms with E-state index in [0.29, 0.717) is 26.2 Å². The molecule has 0 bridgehead atoms. The number of carbonyl (C=O) groups is 3. The predicted molar refractivity (Wildman–Crippen MR) is 213 cm³/mol. The van der Waals surface area contributed by atoms with Crippen LogP contribution in [0, 0.1) is 5.92 Å². The molecule has 1 aliphatic heterocycles. The van der Waals surface area contributed by atoms with Crippen molar-refractivity contribution in [3.63, 3.8) is 0 Å². The molecule has 0 spiro atoms. The number of amides is 1. The lowest BCUT2D eigenvalue weighted by molar-refractivity contribution is -0.185. The fraction of sp³-hybridized carbons (Fsp3) is 0.750. The molecule has 1 fully saturated rings. The van der Waals surface area contributed by atoms with Crippen molar-refractivity contribution in [3.05, 3.63) is 42.0 Å². The summed E-state index contributed by atoms with van der Waals surface area (Å²) in [5, 5.41) is 14.9. The van der Waals surface area contributed by atoms with E-state index in [1.807, 2.05) is 30.3 Å². The Balaban J connectivity index is 2.15. The number of methoxy groups -OCH3 is 1. The number of ether oxygens (including phenoxy) is 5. The first-order valence-corrected chi connectivity index (χ1v) is 20.8. The van der Waals surface area contributed by atoms with Gasteiger partial charge in [-0.15, -0.1) is 0 Å². The number of nitrogens with one attached hydrogen (secondary N) is 1. The van der Waals surface area contributed by atoms with Crippen LogP contribution in [-0.2, 0) is 39.8 Å². The molecule has 10 heteroatoms. The average Bonchev–Trinajstić information content (AvgIpc) is 3.61. The number of ketones is 1.